The van der Waals surface area contributed by atoms with Crippen LogP contribution in [-0.4, -0.2) is 42.0 Å². The predicted molar refractivity (Wildman–Crippen MR) is 139 cm³/mol. The maximum absolute atomic E-state index is 12.0. The Morgan fingerprint density at radius 3 is 2.57 bits per heavy atom. The number of carbonyl (C=O) groups is 2. The van der Waals surface area contributed by atoms with Gasteiger partial charge in [-0.2, -0.15) is 4.98 Å². The molecule has 0 bridgehead atoms. The van der Waals surface area contributed by atoms with Crippen molar-refractivity contribution in [3.63, 3.8) is 0 Å². The van der Waals surface area contributed by atoms with Gasteiger partial charge in [0.1, 0.15) is 10.8 Å². The second kappa shape index (κ2) is 11.8. The van der Waals surface area contributed by atoms with E-state index in [0.29, 0.717) is 47.4 Å². The summed E-state index contributed by atoms with van der Waals surface area (Å²) in [6, 6.07) is 12.4. The van der Waals surface area contributed by atoms with Crippen LogP contribution < -0.4 is 31.3 Å². The Bertz CT molecular complexity index is 1240. The van der Waals surface area contributed by atoms with Gasteiger partial charge in [0.2, 0.25) is 17.8 Å². The first kappa shape index (κ1) is 25.5. The zero-order valence-corrected chi connectivity index (χ0v) is 20.1. The van der Waals surface area contributed by atoms with Crippen molar-refractivity contribution < 1.29 is 14.3 Å². The molecule has 2 amide bonds. The molecule has 0 atom stereocenters. The summed E-state index contributed by atoms with van der Waals surface area (Å²) in [4.78, 5) is 34.0. The summed E-state index contributed by atoms with van der Waals surface area (Å²) in [6.45, 7) is 5.66. The summed E-state index contributed by atoms with van der Waals surface area (Å²) in [7, 11) is 1.52. The van der Waals surface area contributed by atoms with Gasteiger partial charge in [0, 0.05) is 31.8 Å². The molecule has 0 saturated heterocycles. The average molecular weight is 496 g/mol. The van der Waals surface area contributed by atoms with Gasteiger partial charge in [-0.25, -0.2) is 4.98 Å². The van der Waals surface area contributed by atoms with Gasteiger partial charge in [0.25, 0.3) is 0 Å². The van der Waals surface area contributed by atoms with Crippen LogP contribution in [0.25, 0.3) is 0 Å². The normalized spacial score (nSPS) is 10.3. The van der Waals surface area contributed by atoms with Crippen LogP contribution in [0.2, 0.25) is 5.02 Å². The Morgan fingerprint density at radius 2 is 1.91 bits per heavy atom. The maximum atomic E-state index is 12.0. The van der Waals surface area contributed by atoms with Crippen LogP contribution in [0.3, 0.4) is 0 Å². The van der Waals surface area contributed by atoms with Gasteiger partial charge in [-0.05, 0) is 30.3 Å². The third-order valence-electron chi connectivity index (χ3n) is 4.84. The lowest BCUT2D eigenvalue weighted by molar-refractivity contribution is -0.116. The molecule has 0 saturated carbocycles. The number of anilines is 6. The molecule has 0 fully saturated rings. The number of carbonyl (C=O) groups excluding carboxylic acids is 2. The number of para-hydroxylation sites is 2. The lowest BCUT2D eigenvalue weighted by Crippen LogP contribution is -2.33. The minimum absolute atomic E-state index is 0.125. The summed E-state index contributed by atoms with van der Waals surface area (Å²) in [5.74, 6) is 0.586. The summed E-state index contributed by atoms with van der Waals surface area (Å²) in [6.07, 6.45) is 2.63. The zero-order valence-electron chi connectivity index (χ0n) is 19.3. The topological polar surface area (TPSA) is 134 Å². The smallest absolute Gasteiger partial charge is 0.247 e. The van der Waals surface area contributed by atoms with E-state index in [-0.39, 0.29) is 22.8 Å². The number of nitrogens with two attached hydrogens (primary N) is 1. The molecule has 3 rings (SSSR count). The third kappa shape index (κ3) is 6.46. The van der Waals surface area contributed by atoms with Crippen molar-refractivity contribution in [2.24, 2.45) is 5.73 Å². The molecule has 10 nitrogen and oxygen atoms in total. The molecule has 0 aliphatic heterocycles. The molecule has 2 aromatic carbocycles. The van der Waals surface area contributed by atoms with E-state index in [1.165, 1.54) is 26.3 Å². The number of nitrogens with one attached hydrogen (secondary N) is 3. The first-order valence-corrected chi connectivity index (χ1v) is 11.0. The van der Waals surface area contributed by atoms with Gasteiger partial charge in [-0.15, -0.1) is 0 Å². The first-order chi connectivity index (χ1) is 16.9. The molecule has 3 aromatic rings. The fourth-order valence-corrected chi connectivity index (χ4v) is 3.33. The number of ether oxygens (including phenoxy) is 1. The van der Waals surface area contributed by atoms with Crippen LogP contribution in [0.4, 0.5) is 34.5 Å². The summed E-state index contributed by atoms with van der Waals surface area (Å²) in [5, 5.41) is 9.23. The van der Waals surface area contributed by atoms with Crippen molar-refractivity contribution >= 4 is 57.9 Å². The van der Waals surface area contributed by atoms with E-state index < -0.39 is 0 Å². The molecule has 0 aliphatic rings. The Balaban J connectivity index is 1.87. The van der Waals surface area contributed by atoms with Crippen LogP contribution in [-0.2, 0) is 9.59 Å². The summed E-state index contributed by atoms with van der Waals surface area (Å²) in [5.41, 5.74) is 7.99. The quantitative estimate of drug-likeness (QED) is 0.309. The van der Waals surface area contributed by atoms with Gasteiger partial charge in [0.05, 0.1) is 30.4 Å². The number of methoxy groups -OCH3 is 1. The van der Waals surface area contributed by atoms with E-state index in [2.05, 4.69) is 32.5 Å². The lowest BCUT2D eigenvalue weighted by atomic mass is 10.2. The van der Waals surface area contributed by atoms with Crippen LogP contribution in [0.5, 0.6) is 5.75 Å². The van der Waals surface area contributed by atoms with Gasteiger partial charge in [-0.1, -0.05) is 30.3 Å². The molecule has 0 aliphatic carbocycles. The fraction of sp³-hybridized carbons (Fsp3) is 0.167. The molecule has 5 N–H and O–H groups in total. The molecular formula is C24H26ClN7O3. The van der Waals surface area contributed by atoms with E-state index in [4.69, 9.17) is 22.1 Å². The SMILES string of the molecule is C=CC(=O)Nc1ccccc1Nc1nc(Nc2ccc(N(CCN)C(C)=O)cc2OC)ncc1Cl. The van der Waals surface area contributed by atoms with Crippen molar-refractivity contribution in [3.8, 4) is 5.75 Å². The second-order valence-corrected chi connectivity index (χ2v) is 7.63. The van der Waals surface area contributed by atoms with Crippen LogP contribution in [0.15, 0.2) is 61.3 Å². The third-order valence-corrected chi connectivity index (χ3v) is 5.12. The molecule has 182 valence electrons. The van der Waals surface area contributed by atoms with E-state index in [9.17, 15) is 9.59 Å². The molecule has 0 unspecified atom stereocenters. The fourth-order valence-electron chi connectivity index (χ4n) is 3.20. The highest BCUT2D eigenvalue weighted by molar-refractivity contribution is 6.33. The molecule has 1 heterocycles. The standard InChI is InChI=1S/C24H26ClN7O3/c1-4-22(34)28-18-7-5-6-8-19(18)29-23-17(25)14-27-24(31-23)30-20-10-9-16(13-21(20)35-3)32(12-11-26)15(2)33/h4-10,13-14H,1,11-12,26H2,2-3H3,(H,28,34)(H2,27,29,30,31). The van der Waals surface area contributed by atoms with Crippen molar-refractivity contribution in [1.29, 1.82) is 0 Å². The largest absolute Gasteiger partial charge is 0.494 e. The minimum atomic E-state index is -0.347. The van der Waals surface area contributed by atoms with Crippen LogP contribution in [0, 0.1) is 0 Å². The zero-order chi connectivity index (χ0) is 25.4. The Hall–Kier alpha value is -4.15. The number of aromatic nitrogens is 2. The number of halogens is 1. The minimum Gasteiger partial charge on any atom is -0.494 e. The highest BCUT2D eigenvalue weighted by Gasteiger charge is 2.15. The van der Waals surface area contributed by atoms with E-state index in [1.54, 1.807) is 41.3 Å². The number of hydrogen-bond acceptors (Lipinski definition) is 8. The Kier molecular flexibility index (Phi) is 8.60. The maximum Gasteiger partial charge on any atom is 0.247 e. The molecule has 1 aromatic heterocycles. The average Bonchev–Trinajstić information content (AvgIpc) is 2.85. The molecule has 11 heteroatoms. The highest BCUT2D eigenvalue weighted by atomic mass is 35.5. The Labute approximate surface area is 208 Å². The second-order valence-electron chi connectivity index (χ2n) is 7.22. The number of benzene rings is 2. The van der Waals surface area contributed by atoms with Crippen molar-refractivity contribution in [2.75, 3.05) is 41.0 Å². The number of rotatable bonds is 10. The molecule has 0 radical (unpaired) electrons. The molecule has 35 heavy (non-hydrogen) atoms. The lowest BCUT2D eigenvalue weighted by Gasteiger charge is -2.22. The summed E-state index contributed by atoms with van der Waals surface area (Å²) < 4.78 is 5.50. The molecule has 0 spiro atoms. The van der Waals surface area contributed by atoms with Gasteiger partial charge in [-0.3, -0.25) is 9.59 Å². The monoisotopic (exact) mass is 495 g/mol. The van der Waals surface area contributed by atoms with E-state index in [0.717, 1.165) is 0 Å². The highest BCUT2D eigenvalue weighted by Crippen LogP contribution is 2.33. The number of nitrogens with zero attached hydrogens (tertiary/aromatic N) is 3. The predicted octanol–water partition coefficient (Wildman–Crippen LogP) is 4.06. The van der Waals surface area contributed by atoms with Crippen molar-refractivity contribution in [2.45, 2.75) is 6.92 Å². The number of hydrogen-bond donors (Lipinski definition) is 4. The van der Waals surface area contributed by atoms with E-state index >= 15 is 0 Å². The first-order valence-electron chi connectivity index (χ1n) is 10.6. The van der Waals surface area contributed by atoms with Gasteiger partial charge >= 0.3 is 0 Å². The van der Waals surface area contributed by atoms with Crippen LogP contribution >= 0.6 is 11.6 Å². The Morgan fingerprint density at radius 1 is 1.17 bits per heavy atom. The van der Waals surface area contributed by atoms with E-state index in [1.807, 2.05) is 6.07 Å². The van der Waals surface area contributed by atoms with Crippen molar-refractivity contribution in [3.05, 3.63) is 66.3 Å². The van der Waals surface area contributed by atoms with Gasteiger partial charge < -0.3 is 31.3 Å². The van der Waals surface area contributed by atoms with Gasteiger partial charge in [0.15, 0.2) is 5.82 Å². The van der Waals surface area contributed by atoms with Crippen LogP contribution in [0.1, 0.15) is 6.92 Å². The molecular weight excluding hydrogens is 470 g/mol. The number of amides is 2. The van der Waals surface area contributed by atoms with Crippen molar-refractivity contribution in [1.82, 2.24) is 9.97 Å². The summed E-state index contributed by atoms with van der Waals surface area (Å²) >= 11 is 6.32.